The number of pyridine rings is 1. The normalized spacial score (nSPS) is 12.2. The highest BCUT2D eigenvalue weighted by Crippen LogP contribution is 2.27. The first-order valence-corrected chi connectivity index (χ1v) is 9.04. The fraction of sp³-hybridized carbons (Fsp3) is 0.368. The third-order valence-corrected chi connectivity index (χ3v) is 4.73. The molecular formula is C19H23BrN2O2. The lowest BCUT2D eigenvalue weighted by atomic mass is 9.89. The third kappa shape index (κ3) is 4.81. The summed E-state index contributed by atoms with van der Waals surface area (Å²) in [6.07, 6.45) is 3.59. The topological polar surface area (TPSA) is 51.1 Å². The molecule has 1 atom stereocenters. The highest BCUT2D eigenvalue weighted by atomic mass is 79.9. The van der Waals surface area contributed by atoms with Crippen LogP contribution in [0.2, 0.25) is 0 Å². The Morgan fingerprint density at radius 2 is 1.79 bits per heavy atom. The van der Waals surface area contributed by atoms with E-state index in [9.17, 15) is 9.59 Å². The van der Waals surface area contributed by atoms with Crippen LogP contribution in [0.1, 0.15) is 38.3 Å². The van der Waals surface area contributed by atoms with Gasteiger partial charge in [-0.05, 0) is 33.5 Å². The van der Waals surface area contributed by atoms with Crippen LogP contribution in [0.25, 0.3) is 0 Å². The van der Waals surface area contributed by atoms with Gasteiger partial charge in [-0.15, -0.1) is 0 Å². The molecule has 1 unspecified atom stereocenters. The molecule has 0 radical (unpaired) electrons. The van der Waals surface area contributed by atoms with Crippen molar-refractivity contribution in [2.75, 3.05) is 0 Å². The van der Waals surface area contributed by atoms with Gasteiger partial charge in [0.2, 0.25) is 5.91 Å². The van der Waals surface area contributed by atoms with Crippen LogP contribution in [0.15, 0.2) is 57.9 Å². The zero-order valence-corrected chi connectivity index (χ0v) is 15.6. The maximum absolute atomic E-state index is 12.5. The Morgan fingerprint density at radius 3 is 2.42 bits per heavy atom. The Morgan fingerprint density at radius 1 is 1.12 bits per heavy atom. The second-order valence-corrected chi connectivity index (χ2v) is 6.76. The minimum atomic E-state index is -0.188. The van der Waals surface area contributed by atoms with Crippen LogP contribution in [0.4, 0.5) is 0 Å². The van der Waals surface area contributed by atoms with Crippen LogP contribution in [0, 0.1) is 5.92 Å². The molecule has 1 N–H and O–H groups in total. The van der Waals surface area contributed by atoms with Crippen molar-refractivity contribution in [2.45, 2.75) is 39.3 Å². The van der Waals surface area contributed by atoms with E-state index in [1.54, 1.807) is 12.3 Å². The van der Waals surface area contributed by atoms with Crippen LogP contribution >= 0.6 is 15.9 Å². The number of amides is 1. The molecule has 0 saturated heterocycles. The van der Waals surface area contributed by atoms with Gasteiger partial charge in [0, 0.05) is 16.7 Å². The first-order valence-electron chi connectivity index (χ1n) is 8.25. The van der Waals surface area contributed by atoms with Gasteiger partial charge in [0.25, 0.3) is 5.56 Å². The first-order chi connectivity index (χ1) is 11.5. The van der Waals surface area contributed by atoms with Gasteiger partial charge in [0.1, 0.15) is 6.54 Å². The van der Waals surface area contributed by atoms with Crippen molar-refractivity contribution >= 4 is 21.8 Å². The van der Waals surface area contributed by atoms with Crippen molar-refractivity contribution in [3.05, 3.63) is 69.1 Å². The van der Waals surface area contributed by atoms with E-state index >= 15 is 0 Å². The largest absolute Gasteiger partial charge is 0.347 e. The molecule has 1 aromatic carbocycles. The summed E-state index contributed by atoms with van der Waals surface area (Å²) in [5.74, 6) is 0.200. The number of hydrogen-bond acceptors (Lipinski definition) is 2. The summed E-state index contributed by atoms with van der Waals surface area (Å²) >= 11 is 3.33. The fourth-order valence-corrected chi connectivity index (χ4v) is 3.27. The molecule has 1 aromatic heterocycles. The molecule has 0 aliphatic heterocycles. The van der Waals surface area contributed by atoms with Crippen LogP contribution in [0.3, 0.4) is 0 Å². The molecule has 1 heterocycles. The Bertz CT molecular complexity index is 724. The Balaban J connectivity index is 2.18. The lowest BCUT2D eigenvalue weighted by molar-refractivity contribution is -0.122. The summed E-state index contributed by atoms with van der Waals surface area (Å²) in [7, 11) is 0. The number of benzene rings is 1. The Hall–Kier alpha value is -1.88. The molecule has 4 nitrogen and oxygen atoms in total. The van der Waals surface area contributed by atoms with Crippen LogP contribution in [-0.2, 0) is 11.3 Å². The molecule has 0 saturated carbocycles. The quantitative estimate of drug-likeness (QED) is 0.778. The molecule has 0 bridgehead atoms. The SMILES string of the molecule is CCC(CC)C(NC(=O)Cn1cc(Br)ccc1=O)c1ccccc1. The molecular weight excluding hydrogens is 368 g/mol. The van der Waals surface area contributed by atoms with E-state index in [1.165, 1.54) is 10.6 Å². The lowest BCUT2D eigenvalue weighted by Gasteiger charge is -2.27. The van der Waals surface area contributed by atoms with Gasteiger partial charge in [0.15, 0.2) is 0 Å². The number of carbonyl (C=O) groups is 1. The van der Waals surface area contributed by atoms with E-state index in [1.807, 2.05) is 30.3 Å². The third-order valence-electron chi connectivity index (χ3n) is 4.26. The van der Waals surface area contributed by atoms with Gasteiger partial charge < -0.3 is 9.88 Å². The van der Waals surface area contributed by atoms with E-state index in [0.717, 1.165) is 22.9 Å². The molecule has 24 heavy (non-hydrogen) atoms. The number of aromatic nitrogens is 1. The average Bonchev–Trinajstić information content (AvgIpc) is 2.59. The van der Waals surface area contributed by atoms with E-state index in [-0.39, 0.29) is 24.1 Å². The number of halogens is 1. The minimum Gasteiger partial charge on any atom is -0.347 e. The molecule has 128 valence electrons. The second-order valence-electron chi connectivity index (χ2n) is 5.85. The maximum atomic E-state index is 12.5. The number of rotatable bonds is 7. The monoisotopic (exact) mass is 390 g/mol. The van der Waals surface area contributed by atoms with Crippen LogP contribution < -0.4 is 10.9 Å². The molecule has 0 aliphatic carbocycles. The zero-order chi connectivity index (χ0) is 17.5. The molecule has 5 heteroatoms. The predicted octanol–water partition coefficient (Wildman–Crippen LogP) is 3.90. The lowest BCUT2D eigenvalue weighted by Crippen LogP contribution is -2.37. The molecule has 0 spiro atoms. The number of nitrogens with one attached hydrogen (secondary N) is 1. The molecule has 2 rings (SSSR count). The summed E-state index contributed by atoms with van der Waals surface area (Å²) in [4.78, 5) is 24.4. The summed E-state index contributed by atoms with van der Waals surface area (Å²) in [5.41, 5.74) is 0.910. The van der Waals surface area contributed by atoms with Gasteiger partial charge in [-0.2, -0.15) is 0 Å². The highest BCUT2D eigenvalue weighted by molar-refractivity contribution is 9.10. The number of nitrogens with zero attached hydrogens (tertiary/aromatic N) is 1. The van der Waals surface area contributed by atoms with Crippen molar-refractivity contribution < 1.29 is 4.79 Å². The Labute approximate surface area is 151 Å². The van der Waals surface area contributed by atoms with Crippen molar-refractivity contribution in [1.29, 1.82) is 0 Å². The molecule has 0 fully saturated rings. The molecule has 1 amide bonds. The summed E-state index contributed by atoms with van der Waals surface area (Å²) in [5, 5.41) is 3.12. The van der Waals surface area contributed by atoms with Crippen molar-refractivity contribution in [3.63, 3.8) is 0 Å². The van der Waals surface area contributed by atoms with Crippen LogP contribution in [0.5, 0.6) is 0 Å². The van der Waals surface area contributed by atoms with Gasteiger partial charge >= 0.3 is 0 Å². The second kappa shape index (κ2) is 8.83. The van der Waals surface area contributed by atoms with Crippen molar-refractivity contribution in [1.82, 2.24) is 9.88 Å². The average molecular weight is 391 g/mol. The van der Waals surface area contributed by atoms with Crippen LogP contribution in [-0.4, -0.2) is 10.5 Å². The minimum absolute atomic E-state index is 0.0156. The standard InChI is InChI=1S/C19H23BrN2O2/c1-3-14(4-2)19(15-8-6-5-7-9-15)21-17(23)13-22-12-16(20)10-11-18(22)24/h5-12,14,19H,3-4,13H2,1-2H3,(H,21,23). The van der Waals surface area contributed by atoms with E-state index in [2.05, 4.69) is 35.1 Å². The summed E-state index contributed by atoms with van der Waals surface area (Å²) in [6.45, 7) is 4.28. The summed E-state index contributed by atoms with van der Waals surface area (Å²) in [6, 6.07) is 13.1. The van der Waals surface area contributed by atoms with E-state index in [4.69, 9.17) is 0 Å². The number of carbonyl (C=O) groups excluding carboxylic acids is 1. The summed E-state index contributed by atoms with van der Waals surface area (Å²) < 4.78 is 2.18. The van der Waals surface area contributed by atoms with Gasteiger partial charge in [-0.3, -0.25) is 9.59 Å². The van der Waals surface area contributed by atoms with Gasteiger partial charge in [-0.25, -0.2) is 0 Å². The van der Waals surface area contributed by atoms with E-state index in [0.29, 0.717) is 5.92 Å². The van der Waals surface area contributed by atoms with Crippen molar-refractivity contribution in [2.24, 2.45) is 5.92 Å². The smallest absolute Gasteiger partial charge is 0.251 e. The predicted molar refractivity (Wildman–Crippen MR) is 99.8 cm³/mol. The molecule has 0 aliphatic rings. The number of hydrogen-bond donors (Lipinski definition) is 1. The maximum Gasteiger partial charge on any atom is 0.251 e. The van der Waals surface area contributed by atoms with Gasteiger partial charge in [-0.1, -0.05) is 57.0 Å². The first kappa shape index (κ1) is 18.5. The van der Waals surface area contributed by atoms with Crippen molar-refractivity contribution in [3.8, 4) is 0 Å². The molecule has 2 aromatic rings. The fourth-order valence-electron chi connectivity index (χ4n) is 2.89. The zero-order valence-electron chi connectivity index (χ0n) is 14.0. The Kier molecular flexibility index (Phi) is 6.79. The van der Waals surface area contributed by atoms with E-state index < -0.39 is 0 Å². The van der Waals surface area contributed by atoms with Gasteiger partial charge in [0.05, 0.1) is 6.04 Å². The highest BCUT2D eigenvalue weighted by Gasteiger charge is 2.22.